The topological polar surface area (TPSA) is 192 Å². The number of para-hydroxylation sites is 1. The molecule has 2 aromatic rings. The van der Waals surface area contributed by atoms with Crippen LogP contribution in [0.3, 0.4) is 0 Å². The number of carbonyl (C=O) groups is 3. The summed E-state index contributed by atoms with van der Waals surface area (Å²) in [5.74, 6) is -2.01. The Morgan fingerprint density at radius 3 is 2.32 bits per heavy atom. The van der Waals surface area contributed by atoms with Gasteiger partial charge in [-0.1, -0.05) is 18.2 Å². The number of thiocarbonyl (C=S) groups is 1. The number of nitrogens with zero attached hydrogens (tertiary/aromatic N) is 1. The molecule has 12 nitrogen and oxygen atoms in total. The summed E-state index contributed by atoms with van der Waals surface area (Å²) in [5.41, 5.74) is 5.93. The van der Waals surface area contributed by atoms with Crippen molar-refractivity contribution in [2.75, 3.05) is 11.5 Å². The number of aliphatic hydroxyl groups is 3. The number of nitrogens with one attached hydrogen (secondary N) is 1. The van der Waals surface area contributed by atoms with E-state index in [4.69, 9.17) is 32.5 Å². The first-order chi connectivity index (χ1) is 18.0. The van der Waals surface area contributed by atoms with Gasteiger partial charge in [0.2, 0.25) is 0 Å². The molecule has 0 saturated carbocycles. The van der Waals surface area contributed by atoms with E-state index in [1.807, 2.05) is 18.2 Å². The summed E-state index contributed by atoms with van der Waals surface area (Å²) in [6.07, 6.45) is -5.67. The highest BCUT2D eigenvalue weighted by Crippen LogP contribution is 2.27. The maximum atomic E-state index is 13.3. The molecule has 5 atom stereocenters. The summed E-state index contributed by atoms with van der Waals surface area (Å²) in [7, 11) is 0. The minimum absolute atomic E-state index is 0. The molecule has 1 saturated heterocycles. The second-order valence-corrected chi connectivity index (χ2v) is 8.67. The Labute approximate surface area is 225 Å². The van der Waals surface area contributed by atoms with Crippen LogP contribution in [0.2, 0.25) is 0 Å². The standard InChI is InChI=1S/C25H27N3O9S.2H2/c1-13(24(34)35)36-21(20(31)19(30)12-29)18(26)11-17-22(32)27-25(38)28(23(17)33)14-7-9-16(10-8-14)37-15-5-3-2-4-6-15;;/h2-11,13,18-21,29-31H,12,26H2,1H3,(H,34,35)(H,27,32,38);2*1H/b17-11+;;/t13?,18-,19+,20+,21+;;/m0../s1. The molecule has 1 heterocycles. The predicted octanol–water partition coefficient (Wildman–Crippen LogP) is 0.545. The Kier molecular flexibility index (Phi) is 9.63. The fourth-order valence-corrected chi connectivity index (χ4v) is 3.79. The predicted molar refractivity (Wildman–Crippen MR) is 143 cm³/mol. The smallest absolute Gasteiger partial charge is 0.332 e. The van der Waals surface area contributed by atoms with Crippen molar-refractivity contribution in [2.45, 2.75) is 37.4 Å². The van der Waals surface area contributed by atoms with Crippen molar-refractivity contribution in [3.63, 3.8) is 0 Å². The lowest BCUT2D eigenvalue weighted by Crippen LogP contribution is -2.56. The highest BCUT2D eigenvalue weighted by molar-refractivity contribution is 7.80. The van der Waals surface area contributed by atoms with Crippen LogP contribution in [0.25, 0.3) is 0 Å². The maximum Gasteiger partial charge on any atom is 0.332 e. The van der Waals surface area contributed by atoms with Gasteiger partial charge in [-0.15, -0.1) is 0 Å². The van der Waals surface area contributed by atoms with Gasteiger partial charge in [0.25, 0.3) is 11.8 Å². The van der Waals surface area contributed by atoms with Crippen LogP contribution in [0.4, 0.5) is 5.69 Å². The molecule has 1 fully saturated rings. The van der Waals surface area contributed by atoms with Gasteiger partial charge in [0.05, 0.1) is 18.3 Å². The first kappa shape index (κ1) is 28.8. The SMILES string of the molecule is CC(O[C@@H]([C@H](O)[C@H](O)CO)[C@@H](N)/C=C1\C(=O)NC(=S)N(c2ccc(Oc3ccccc3)cc2)C1=O)C(=O)O.[HH].[HH]. The maximum absolute atomic E-state index is 13.3. The highest BCUT2D eigenvalue weighted by Gasteiger charge is 2.38. The lowest BCUT2D eigenvalue weighted by molar-refractivity contribution is -0.164. The van der Waals surface area contributed by atoms with Gasteiger partial charge in [0.15, 0.2) is 11.2 Å². The third-order valence-electron chi connectivity index (χ3n) is 5.54. The van der Waals surface area contributed by atoms with Crippen molar-refractivity contribution >= 4 is 40.8 Å². The fourth-order valence-electron chi connectivity index (χ4n) is 3.51. The molecule has 38 heavy (non-hydrogen) atoms. The van der Waals surface area contributed by atoms with Crippen LogP contribution < -0.4 is 20.7 Å². The lowest BCUT2D eigenvalue weighted by atomic mass is 9.98. The number of carboxylic acid groups (broad SMARTS) is 1. The average molecular weight is 550 g/mol. The molecule has 1 aliphatic heterocycles. The van der Waals surface area contributed by atoms with Crippen LogP contribution in [0.5, 0.6) is 11.5 Å². The number of amides is 2. The second kappa shape index (κ2) is 12.7. The first-order valence-corrected chi connectivity index (χ1v) is 11.8. The number of hydrogen-bond acceptors (Lipinski definition) is 10. The number of anilines is 1. The number of nitrogens with two attached hydrogens (primary N) is 1. The number of carboxylic acids is 1. The van der Waals surface area contributed by atoms with Crippen LogP contribution in [0.1, 0.15) is 9.78 Å². The molecule has 2 amide bonds. The quantitative estimate of drug-likeness (QED) is 0.130. The van der Waals surface area contributed by atoms with Gasteiger partial charge in [0.1, 0.15) is 35.4 Å². The van der Waals surface area contributed by atoms with Crippen molar-refractivity contribution in [3.8, 4) is 11.5 Å². The van der Waals surface area contributed by atoms with Gasteiger partial charge in [-0.05, 0) is 61.6 Å². The molecular weight excluding hydrogens is 518 g/mol. The number of aliphatic carboxylic acids is 1. The Bertz CT molecular complexity index is 1220. The van der Waals surface area contributed by atoms with E-state index in [1.165, 1.54) is 0 Å². The molecule has 0 aliphatic carbocycles. The molecule has 3 rings (SSSR count). The van der Waals surface area contributed by atoms with E-state index in [1.54, 1.807) is 36.4 Å². The third kappa shape index (κ3) is 6.77. The van der Waals surface area contributed by atoms with E-state index in [2.05, 4.69) is 5.32 Å². The molecule has 7 N–H and O–H groups in total. The molecule has 2 aromatic carbocycles. The molecule has 1 unspecified atom stereocenters. The fraction of sp³-hybridized carbons (Fsp3) is 0.280. The van der Waals surface area contributed by atoms with E-state index >= 15 is 0 Å². The number of carbonyl (C=O) groups excluding carboxylic acids is 2. The summed E-state index contributed by atoms with van der Waals surface area (Å²) < 4.78 is 11.0. The normalized spacial score (nSPS) is 18.9. The minimum Gasteiger partial charge on any atom is -0.479 e. The van der Waals surface area contributed by atoms with Crippen molar-refractivity contribution < 1.29 is 47.1 Å². The summed E-state index contributed by atoms with van der Waals surface area (Å²) in [5, 5.41) is 40.8. The molecule has 0 spiro atoms. The van der Waals surface area contributed by atoms with E-state index in [0.29, 0.717) is 17.2 Å². The average Bonchev–Trinajstić information content (AvgIpc) is 2.89. The molecular formula is C25H31N3O9S. The number of benzene rings is 2. The highest BCUT2D eigenvalue weighted by atomic mass is 32.1. The minimum atomic E-state index is -1.84. The summed E-state index contributed by atoms with van der Waals surface area (Å²) in [6, 6.07) is 13.9. The second-order valence-electron chi connectivity index (χ2n) is 8.29. The Hall–Kier alpha value is -3.72. The van der Waals surface area contributed by atoms with Crippen LogP contribution in [0.15, 0.2) is 66.2 Å². The van der Waals surface area contributed by atoms with Gasteiger partial charge < -0.3 is 35.6 Å². The zero-order valence-electron chi connectivity index (χ0n) is 20.1. The van der Waals surface area contributed by atoms with Gasteiger partial charge in [-0.2, -0.15) is 0 Å². The van der Waals surface area contributed by atoms with Crippen molar-refractivity contribution in [1.82, 2.24) is 5.32 Å². The Morgan fingerprint density at radius 1 is 1.13 bits per heavy atom. The monoisotopic (exact) mass is 549 g/mol. The van der Waals surface area contributed by atoms with E-state index < -0.39 is 60.4 Å². The van der Waals surface area contributed by atoms with Crippen LogP contribution >= 0.6 is 12.2 Å². The Morgan fingerprint density at radius 2 is 1.74 bits per heavy atom. The summed E-state index contributed by atoms with van der Waals surface area (Å²) in [6.45, 7) is 0.286. The molecule has 206 valence electrons. The van der Waals surface area contributed by atoms with Gasteiger partial charge in [0, 0.05) is 2.85 Å². The van der Waals surface area contributed by atoms with Crippen molar-refractivity contribution in [3.05, 3.63) is 66.2 Å². The van der Waals surface area contributed by atoms with Gasteiger partial charge in [-0.3, -0.25) is 19.8 Å². The zero-order chi connectivity index (χ0) is 28.0. The molecule has 0 radical (unpaired) electrons. The molecule has 1 aliphatic rings. The molecule has 0 aromatic heterocycles. The van der Waals surface area contributed by atoms with E-state index in [-0.39, 0.29) is 7.97 Å². The van der Waals surface area contributed by atoms with Crippen LogP contribution in [-0.4, -0.2) is 80.4 Å². The van der Waals surface area contributed by atoms with Gasteiger partial charge in [-0.25, -0.2) is 4.79 Å². The van der Waals surface area contributed by atoms with Crippen LogP contribution in [0, 0.1) is 0 Å². The van der Waals surface area contributed by atoms with Crippen molar-refractivity contribution in [2.24, 2.45) is 5.73 Å². The summed E-state index contributed by atoms with van der Waals surface area (Å²) >= 11 is 5.19. The molecule has 0 bridgehead atoms. The molecule has 13 heteroatoms. The van der Waals surface area contributed by atoms with Gasteiger partial charge >= 0.3 is 5.97 Å². The number of rotatable bonds is 11. The van der Waals surface area contributed by atoms with Crippen LogP contribution in [-0.2, 0) is 19.1 Å². The third-order valence-corrected chi connectivity index (χ3v) is 5.83. The largest absolute Gasteiger partial charge is 0.479 e. The van der Waals surface area contributed by atoms with E-state index in [0.717, 1.165) is 17.9 Å². The zero-order valence-corrected chi connectivity index (χ0v) is 20.9. The Balaban J connectivity index is 0.00000400. The lowest BCUT2D eigenvalue weighted by Gasteiger charge is -2.32. The van der Waals surface area contributed by atoms with Crippen molar-refractivity contribution in [1.29, 1.82) is 0 Å². The number of ether oxygens (including phenoxy) is 2. The number of hydrogen-bond donors (Lipinski definition) is 6. The number of aliphatic hydroxyl groups excluding tert-OH is 3. The first-order valence-electron chi connectivity index (χ1n) is 11.4. The van der Waals surface area contributed by atoms with E-state index in [9.17, 15) is 29.7 Å². The summed E-state index contributed by atoms with van der Waals surface area (Å²) in [4.78, 5) is 38.2.